The number of nitrogens with two attached hydrogens (primary N) is 1. The maximum Gasteiger partial charge on any atom is 0.00789 e. The number of nitrogens with zero attached hydrogens (tertiary/aromatic N) is 1. The van der Waals surface area contributed by atoms with Crippen LogP contribution in [0.3, 0.4) is 0 Å². The maximum absolute atomic E-state index is 5.57. The summed E-state index contributed by atoms with van der Waals surface area (Å²) in [7, 11) is 0. The fourth-order valence-corrected chi connectivity index (χ4v) is 2.05. The van der Waals surface area contributed by atoms with E-state index in [0.29, 0.717) is 6.04 Å². The van der Waals surface area contributed by atoms with Gasteiger partial charge >= 0.3 is 0 Å². The largest absolute Gasteiger partial charge is 0.330 e. The molecule has 0 heterocycles. The molecule has 1 fully saturated rings. The molecule has 13 heavy (non-hydrogen) atoms. The van der Waals surface area contributed by atoms with E-state index in [1.807, 2.05) is 0 Å². The minimum atomic E-state index is 0.676. The third-order valence-corrected chi connectivity index (χ3v) is 3.33. The zero-order valence-electron chi connectivity index (χ0n) is 9.13. The van der Waals surface area contributed by atoms with E-state index < -0.39 is 0 Å². The van der Waals surface area contributed by atoms with Gasteiger partial charge in [0.2, 0.25) is 0 Å². The molecule has 1 unspecified atom stereocenters. The second-order valence-electron chi connectivity index (χ2n) is 4.31. The standard InChI is InChI=1S/C11H24N2/c1-3-13(10(2)7-8-12)9-11-5-4-6-11/h10-11H,3-9,12H2,1-2H3. The molecule has 0 amide bonds. The van der Waals surface area contributed by atoms with E-state index in [0.717, 1.165) is 18.9 Å². The van der Waals surface area contributed by atoms with Crippen LogP contribution in [-0.2, 0) is 0 Å². The van der Waals surface area contributed by atoms with E-state index in [-0.39, 0.29) is 0 Å². The van der Waals surface area contributed by atoms with E-state index in [1.165, 1.54) is 32.4 Å². The lowest BCUT2D eigenvalue weighted by Crippen LogP contribution is -2.39. The summed E-state index contributed by atoms with van der Waals surface area (Å²) in [6, 6.07) is 0.676. The molecule has 78 valence electrons. The highest BCUT2D eigenvalue weighted by molar-refractivity contribution is 4.76. The summed E-state index contributed by atoms with van der Waals surface area (Å²) in [5, 5.41) is 0. The van der Waals surface area contributed by atoms with Crippen LogP contribution in [0.5, 0.6) is 0 Å². The lowest BCUT2D eigenvalue weighted by atomic mass is 9.85. The van der Waals surface area contributed by atoms with Crippen LogP contribution in [0.25, 0.3) is 0 Å². The van der Waals surface area contributed by atoms with Gasteiger partial charge in [0.15, 0.2) is 0 Å². The van der Waals surface area contributed by atoms with Gasteiger partial charge < -0.3 is 10.6 Å². The van der Waals surface area contributed by atoms with Crippen LogP contribution < -0.4 is 5.73 Å². The first-order chi connectivity index (χ1) is 6.27. The van der Waals surface area contributed by atoms with Crippen molar-refractivity contribution in [2.24, 2.45) is 11.7 Å². The molecule has 0 aromatic rings. The quantitative estimate of drug-likeness (QED) is 0.682. The molecule has 0 aliphatic heterocycles. The van der Waals surface area contributed by atoms with Crippen LogP contribution in [0.2, 0.25) is 0 Å². The molecule has 2 heteroatoms. The normalized spacial score (nSPS) is 20.3. The summed E-state index contributed by atoms with van der Waals surface area (Å²) in [5.74, 6) is 0.986. The Labute approximate surface area is 82.5 Å². The second-order valence-corrected chi connectivity index (χ2v) is 4.31. The van der Waals surface area contributed by atoms with Gasteiger partial charge in [-0.3, -0.25) is 0 Å². The van der Waals surface area contributed by atoms with Gasteiger partial charge in [-0.25, -0.2) is 0 Å². The summed E-state index contributed by atoms with van der Waals surface area (Å²) < 4.78 is 0. The highest BCUT2D eigenvalue weighted by Crippen LogP contribution is 2.27. The molecule has 0 spiro atoms. The summed E-state index contributed by atoms with van der Waals surface area (Å²) in [6.07, 6.45) is 5.49. The third kappa shape index (κ3) is 3.28. The Hall–Kier alpha value is -0.0800. The van der Waals surface area contributed by atoms with Gasteiger partial charge in [-0.1, -0.05) is 13.3 Å². The second kappa shape index (κ2) is 5.61. The average Bonchev–Trinajstić information content (AvgIpc) is 2.03. The smallest absolute Gasteiger partial charge is 0.00789 e. The molecule has 1 saturated carbocycles. The fraction of sp³-hybridized carbons (Fsp3) is 1.00. The van der Waals surface area contributed by atoms with Crippen molar-refractivity contribution in [3.63, 3.8) is 0 Å². The Balaban J connectivity index is 2.23. The fourth-order valence-electron chi connectivity index (χ4n) is 2.05. The molecule has 0 aromatic heterocycles. The lowest BCUT2D eigenvalue weighted by molar-refractivity contribution is 0.142. The SMILES string of the molecule is CCN(CC1CCC1)C(C)CCN. The van der Waals surface area contributed by atoms with Crippen molar-refractivity contribution in [1.29, 1.82) is 0 Å². The zero-order valence-corrected chi connectivity index (χ0v) is 9.13. The predicted octanol–water partition coefficient (Wildman–Crippen LogP) is 1.85. The van der Waals surface area contributed by atoms with Gasteiger partial charge in [0.25, 0.3) is 0 Å². The van der Waals surface area contributed by atoms with Crippen LogP contribution in [0.4, 0.5) is 0 Å². The molecule has 1 rings (SSSR count). The van der Waals surface area contributed by atoms with E-state index in [2.05, 4.69) is 18.7 Å². The van der Waals surface area contributed by atoms with Gasteiger partial charge in [-0.15, -0.1) is 0 Å². The number of rotatable bonds is 6. The van der Waals surface area contributed by atoms with Crippen molar-refractivity contribution in [3.05, 3.63) is 0 Å². The molecule has 0 bridgehead atoms. The highest BCUT2D eigenvalue weighted by Gasteiger charge is 2.21. The Kier molecular flexibility index (Phi) is 4.74. The van der Waals surface area contributed by atoms with E-state index >= 15 is 0 Å². The maximum atomic E-state index is 5.57. The van der Waals surface area contributed by atoms with Gasteiger partial charge in [0.05, 0.1) is 0 Å². The Morgan fingerprint density at radius 2 is 2.15 bits per heavy atom. The van der Waals surface area contributed by atoms with Crippen molar-refractivity contribution < 1.29 is 0 Å². The van der Waals surface area contributed by atoms with Crippen LogP contribution >= 0.6 is 0 Å². The van der Waals surface area contributed by atoms with Crippen molar-refractivity contribution in [1.82, 2.24) is 4.90 Å². The van der Waals surface area contributed by atoms with Crippen LogP contribution in [0, 0.1) is 5.92 Å². The van der Waals surface area contributed by atoms with Gasteiger partial charge in [0.1, 0.15) is 0 Å². The first kappa shape index (κ1) is 11.0. The molecular formula is C11H24N2. The van der Waals surface area contributed by atoms with Gasteiger partial charge in [-0.05, 0) is 45.2 Å². The highest BCUT2D eigenvalue weighted by atomic mass is 15.1. The minimum Gasteiger partial charge on any atom is -0.330 e. The van der Waals surface area contributed by atoms with E-state index in [4.69, 9.17) is 5.73 Å². The van der Waals surface area contributed by atoms with Crippen molar-refractivity contribution in [2.75, 3.05) is 19.6 Å². The molecule has 1 atom stereocenters. The summed E-state index contributed by atoms with van der Waals surface area (Å²) in [6.45, 7) is 7.86. The minimum absolute atomic E-state index is 0.676. The summed E-state index contributed by atoms with van der Waals surface area (Å²) in [4.78, 5) is 2.58. The third-order valence-electron chi connectivity index (χ3n) is 3.33. The van der Waals surface area contributed by atoms with Crippen LogP contribution in [0.1, 0.15) is 39.5 Å². The zero-order chi connectivity index (χ0) is 9.68. The van der Waals surface area contributed by atoms with Crippen molar-refractivity contribution >= 4 is 0 Å². The molecule has 2 N–H and O–H groups in total. The molecule has 1 aliphatic carbocycles. The number of hydrogen-bond donors (Lipinski definition) is 1. The molecule has 0 aromatic carbocycles. The Morgan fingerprint density at radius 3 is 2.54 bits per heavy atom. The predicted molar refractivity (Wildman–Crippen MR) is 57.7 cm³/mol. The van der Waals surface area contributed by atoms with Gasteiger partial charge in [-0.2, -0.15) is 0 Å². The molecule has 2 nitrogen and oxygen atoms in total. The van der Waals surface area contributed by atoms with Crippen LogP contribution in [0.15, 0.2) is 0 Å². The van der Waals surface area contributed by atoms with E-state index in [1.54, 1.807) is 0 Å². The molecule has 0 radical (unpaired) electrons. The Bertz CT molecular complexity index is 132. The lowest BCUT2D eigenvalue weighted by Gasteiger charge is -2.35. The summed E-state index contributed by atoms with van der Waals surface area (Å²) >= 11 is 0. The molecule has 0 saturated heterocycles. The van der Waals surface area contributed by atoms with E-state index in [9.17, 15) is 0 Å². The van der Waals surface area contributed by atoms with Crippen LogP contribution in [-0.4, -0.2) is 30.6 Å². The average molecular weight is 184 g/mol. The number of hydrogen-bond acceptors (Lipinski definition) is 2. The molecular weight excluding hydrogens is 160 g/mol. The van der Waals surface area contributed by atoms with Crippen molar-refractivity contribution in [2.45, 2.75) is 45.6 Å². The Morgan fingerprint density at radius 1 is 1.46 bits per heavy atom. The monoisotopic (exact) mass is 184 g/mol. The van der Waals surface area contributed by atoms with Crippen molar-refractivity contribution in [3.8, 4) is 0 Å². The first-order valence-corrected chi connectivity index (χ1v) is 5.72. The topological polar surface area (TPSA) is 29.3 Å². The summed E-state index contributed by atoms with van der Waals surface area (Å²) in [5.41, 5.74) is 5.57. The molecule has 1 aliphatic rings. The van der Waals surface area contributed by atoms with Gasteiger partial charge in [0, 0.05) is 12.6 Å². The first-order valence-electron chi connectivity index (χ1n) is 5.72.